The van der Waals surface area contributed by atoms with Crippen molar-refractivity contribution in [2.75, 3.05) is 20.4 Å². The SMILES string of the molecule is C/C(=N\O)c1c2c(c(O)c3c1OCO3)CN(C)CC2. The Kier molecular flexibility index (Phi) is 2.74. The number of hydrogen-bond donors (Lipinski definition) is 2. The molecule has 1 aromatic carbocycles. The van der Waals surface area contributed by atoms with Gasteiger partial charge in [0.15, 0.2) is 11.5 Å². The van der Waals surface area contributed by atoms with E-state index in [1.165, 1.54) is 0 Å². The number of likely N-dealkylation sites (N-methyl/N-ethyl adjacent to an activating group) is 1. The second-order valence-corrected chi connectivity index (χ2v) is 4.92. The van der Waals surface area contributed by atoms with Crippen molar-refractivity contribution >= 4 is 5.71 Å². The van der Waals surface area contributed by atoms with Crippen LogP contribution >= 0.6 is 0 Å². The normalized spacial score (nSPS) is 18.5. The van der Waals surface area contributed by atoms with E-state index in [0.717, 1.165) is 29.7 Å². The Morgan fingerprint density at radius 3 is 2.74 bits per heavy atom. The first-order chi connectivity index (χ1) is 9.13. The maximum Gasteiger partial charge on any atom is 0.231 e. The minimum absolute atomic E-state index is 0.0767. The second-order valence-electron chi connectivity index (χ2n) is 4.92. The van der Waals surface area contributed by atoms with Gasteiger partial charge in [-0.3, -0.25) is 0 Å². The van der Waals surface area contributed by atoms with Crippen LogP contribution in [0.15, 0.2) is 5.16 Å². The van der Waals surface area contributed by atoms with Gasteiger partial charge in [-0.25, -0.2) is 0 Å². The molecule has 2 N–H and O–H groups in total. The highest BCUT2D eigenvalue weighted by Crippen LogP contribution is 2.49. The Hall–Kier alpha value is -1.95. The van der Waals surface area contributed by atoms with E-state index in [4.69, 9.17) is 14.7 Å². The predicted octanol–water partition coefficient (Wildman–Crippen LogP) is 1.31. The topological polar surface area (TPSA) is 74.5 Å². The summed E-state index contributed by atoms with van der Waals surface area (Å²) < 4.78 is 10.8. The van der Waals surface area contributed by atoms with Crippen molar-refractivity contribution in [3.63, 3.8) is 0 Å². The fourth-order valence-corrected chi connectivity index (χ4v) is 2.74. The number of nitrogens with zero attached hydrogens (tertiary/aromatic N) is 2. The summed E-state index contributed by atoms with van der Waals surface area (Å²) in [6.45, 7) is 3.32. The van der Waals surface area contributed by atoms with Crippen molar-refractivity contribution in [3.8, 4) is 17.2 Å². The number of oxime groups is 1. The Morgan fingerprint density at radius 1 is 1.26 bits per heavy atom. The first-order valence-electron chi connectivity index (χ1n) is 6.17. The molecule has 6 nitrogen and oxygen atoms in total. The molecule has 102 valence electrons. The summed E-state index contributed by atoms with van der Waals surface area (Å²) in [5.74, 6) is 0.978. The van der Waals surface area contributed by atoms with Crippen LogP contribution in [0, 0.1) is 0 Å². The van der Waals surface area contributed by atoms with Crippen molar-refractivity contribution in [1.29, 1.82) is 0 Å². The second kappa shape index (κ2) is 4.31. The van der Waals surface area contributed by atoms with Crippen molar-refractivity contribution in [2.45, 2.75) is 19.9 Å². The molecule has 0 unspecified atom stereocenters. The predicted molar refractivity (Wildman–Crippen MR) is 68.3 cm³/mol. The molecule has 1 aromatic rings. The van der Waals surface area contributed by atoms with Crippen LogP contribution < -0.4 is 9.47 Å². The van der Waals surface area contributed by atoms with Gasteiger partial charge >= 0.3 is 0 Å². The number of rotatable bonds is 1. The molecular weight excluding hydrogens is 248 g/mol. The molecule has 0 aromatic heterocycles. The van der Waals surface area contributed by atoms with E-state index in [9.17, 15) is 5.11 Å². The van der Waals surface area contributed by atoms with Crippen molar-refractivity contribution < 1.29 is 19.8 Å². The van der Waals surface area contributed by atoms with Gasteiger partial charge in [0.1, 0.15) is 0 Å². The third kappa shape index (κ3) is 1.71. The van der Waals surface area contributed by atoms with Gasteiger partial charge in [-0.15, -0.1) is 0 Å². The first kappa shape index (κ1) is 12.1. The number of benzene rings is 1. The van der Waals surface area contributed by atoms with E-state index in [1.54, 1.807) is 6.92 Å². The van der Waals surface area contributed by atoms with Crippen LogP contribution in [0.2, 0.25) is 0 Å². The Bertz CT molecular complexity index is 568. The molecule has 0 atom stereocenters. The Balaban J connectivity index is 2.29. The molecule has 0 fully saturated rings. The van der Waals surface area contributed by atoms with Crippen molar-refractivity contribution in [2.24, 2.45) is 5.16 Å². The number of phenolic OH excluding ortho intramolecular Hbond substituents is 1. The van der Waals surface area contributed by atoms with Crippen LogP contribution in [0.25, 0.3) is 0 Å². The van der Waals surface area contributed by atoms with E-state index in [0.29, 0.717) is 23.8 Å². The zero-order valence-electron chi connectivity index (χ0n) is 10.9. The average Bonchev–Trinajstić information content (AvgIpc) is 2.88. The number of fused-ring (bicyclic) bond motifs is 2. The van der Waals surface area contributed by atoms with Crippen LogP contribution in [-0.4, -0.2) is 41.3 Å². The molecule has 19 heavy (non-hydrogen) atoms. The van der Waals surface area contributed by atoms with Crippen LogP contribution in [0.4, 0.5) is 0 Å². The molecule has 2 heterocycles. The lowest BCUT2D eigenvalue weighted by molar-refractivity contribution is 0.171. The fourth-order valence-electron chi connectivity index (χ4n) is 2.74. The average molecular weight is 264 g/mol. The van der Waals surface area contributed by atoms with Gasteiger partial charge in [-0.05, 0) is 26.0 Å². The van der Waals surface area contributed by atoms with Crippen molar-refractivity contribution in [1.82, 2.24) is 4.90 Å². The summed E-state index contributed by atoms with van der Waals surface area (Å²) in [7, 11) is 2.00. The summed E-state index contributed by atoms with van der Waals surface area (Å²) >= 11 is 0. The van der Waals surface area contributed by atoms with Gasteiger partial charge in [-0.2, -0.15) is 0 Å². The lowest BCUT2D eigenvalue weighted by atomic mass is 9.90. The van der Waals surface area contributed by atoms with E-state index < -0.39 is 0 Å². The zero-order chi connectivity index (χ0) is 13.6. The Labute approximate surface area is 110 Å². The van der Waals surface area contributed by atoms with Gasteiger partial charge in [0.05, 0.1) is 5.71 Å². The molecule has 0 bridgehead atoms. The number of phenols is 1. The molecule has 0 spiro atoms. The smallest absolute Gasteiger partial charge is 0.231 e. The lowest BCUT2D eigenvalue weighted by Crippen LogP contribution is -2.28. The molecule has 2 aliphatic rings. The molecule has 6 heteroatoms. The number of hydrogen-bond acceptors (Lipinski definition) is 6. The highest BCUT2D eigenvalue weighted by atomic mass is 16.7. The third-order valence-electron chi connectivity index (χ3n) is 3.69. The van der Waals surface area contributed by atoms with Crippen LogP contribution in [-0.2, 0) is 13.0 Å². The van der Waals surface area contributed by atoms with Crippen LogP contribution in [0.1, 0.15) is 23.6 Å². The molecule has 3 rings (SSSR count). The molecule has 0 aliphatic carbocycles. The maximum atomic E-state index is 10.3. The fraction of sp³-hybridized carbons (Fsp3) is 0.462. The molecule has 2 aliphatic heterocycles. The summed E-state index contributed by atoms with van der Waals surface area (Å²) in [5, 5.41) is 22.7. The highest BCUT2D eigenvalue weighted by molar-refractivity contribution is 6.04. The molecule has 0 radical (unpaired) electrons. The van der Waals surface area contributed by atoms with Gasteiger partial charge in [0, 0.05) is 24.2 Å². The monoisotopic (exact) mass is 264 g/mol. The van der Waals surface area contributed by atoms with E-state index in [-0.39, 0.29) is 12.5 Å². The molecule has 0 saturated heterocycles. The number of aromatic hydroxyl groups is 1. The summed E-state index contributed by atoms with van der Waals surface area (Å²) in [5.41, 5.74) is 3.03. The molecule has 0 amide bonds. The zero-order valence-corrected chi connectivity index (χ0v) is 10.9. The standard InChI is InChI=1S/C13H16N2O4/c1-7(14-17)10-8-3-4-15(2)5-9(8)11(16)13-12(10)18-6-19-13/h16-17H,3-6H2,1-2H3/b14-7+. The van der Waals surface area contributed by atoms with E-state index >= 15 is 0 Å². The molecular formula is C13H16N2O4. The van der Waals surface area contributed by atoms with E-state index in [2.05, 4.69) is 10.1 Å². The summed E-state index contributed by atoms with van der Waals surface area (Å²) in [4.78, 5) is 2.12. The summed E-state index contributed by atoms with van der Waals surface area (Å²) in [6, 6.07) is 0. The Morgan fingerprint density at radius 2 is 2.00 bits per heavy atom. The first-order valence-corrected chi connectivity index (χ1v) is 6.17. The van der Waals surface area contributed by atoms with Crippen LogP contribution in [0.3, 0.4) is 0 Å². The summed E-state index contributed by atoms with van der Waals surface area (Å²) in [6.07, 6.45) is 0.776. The van der Waals surface area contributed by atoms with Gasteiger partial charge < -0.3 is 24.7 Å². The van der Waals surface area contributed by atoms with Crippen molar-refractivity contribution in [3.05, 3.63) is 16.7 Å². The quantitative estimate of drug-likeness (QED) is 0.454. The third-order valence-corrected chi connectivity index (χ3v) is 3.69. The minimum Gasteiger partial charge on any atom is -0.504 e. The van der Waals surface area contributed by atoms with E-state index in [1.807, 2.05) is 7.05 Å². The largest absolute Gasteiger partial charge is 0.504 e. The van der Waals surface area contributed by atoms with Gasteiger partial charge in [-0.1, -0.05) is 5.16 Å². The number of ether oxygens (including phenoxy) is 2. The molecule has 0 saturated carbocycles. The minimum atomic E-state index is 0.0767. The highest BCUT2D eigenvalue weighted by Gasteiger charge is 2.32. The van der Waals surface area contributed by atoms with Gasteiger partial charge in [0.25, 0.3) is 0 Å². The lowest BCUT2D eigenvalue weighted by Gasteiger charge is -2.28. The van der Waals surface area contributed by atoms with Gasteiger partial charge in [0.2, 0.25) is 12.5 Å². The van der Waals surface area contributed by atoms with Crippen LogP contribution in [0.5, 0.6) is 17.2 Å². The maximum absolute atomic E-state index is 10.3.